The molecule has 0 aromatic heterocycles. The minimum absolute atomic E-state index is 0.110. The van der Waals surface area contributed by atoms with E-state index in [2.05, 4.69) is 76.9 Å². The molecule has 1 fully saturated rings. The van der Waals surface area contributed by atoms with E-state index in [9.17, 15) is 4.79 Å². The van der Waals surface area contributed by atoms with Gasteiger partial charge in [-0.15, -0.1) is 0 Å². The summed E-state index contributed by atoms with van der Waals surface area (Å²) in [6.45, 7) is 11.1. The van der Waals surface area contributed by atoms with Gasteiger partial charge in [0.05, 0.1) is 7.11 Å². The van der Waals surface area contributed by atoms with Crippen LogP contribution in [0.4, 0.5) is 4.79 Å². The summed E-state index contributed by atoms with van der Waals surface area (Å²) in [6, 6.07) is 9.04. The molecule has 7 heteroatoms. The maximum Gasteiger partial charge on any atom is 0.514 e. The molecule has 2 aromatic carbocycles. The second kappa shape index (κ2) is 11.0. The van der Waals surface area contributed by atoms with E-state index in [0.29, 0.717) is 11.8 Å². The zero-order valence-corrected chi connectivity index (χ0v) is 28.9. The lowest BCUT2D eigenvalue weighted by molar-refractivity contribution is -0.0578. The summed E-state index contributed by atoms with van der Waals surface area (Å²) in [5, 5.41) is 0. The Morgan fingerprint density at radius 1 is 1.13 bits per heavy atom. The fourth-order valence-electron chi connectivity index (χ4n) is 10.2. The van der Waals surface area contributed by atoms with Crippen molar-refractivity contribution >= 4 is 6.16 Å². The van der Waals surface area contributed by atoms with Crippen LogP contribution in [0, 0.1) is 11.8 Å². The van der Waals surface area contributed by atoms with Crippen LogP contribution in [0.2, 0.25) is 0 Å². The van der Waals surface area contributed by atoms with E-state index < -0.39 is 12.3 Å². The molecule has 47 heavy (non-hydrogen) atoms. The second-order valence-corrected chi connectivity index (χ2v) is 15.5. The van der Waals surface area contributed by atoms with E-state index in [1.807, 2.05) is 12.1 Å². The van der Waals surface area contributed by atoms with Crippen LogP contribution in [0.25, 0.3) is 0 Å². The smallest absolute Gasteiger partial charge is 0.493 e. The number of hydrogen-bond donors (Lipinski definition) is 0. The van der Waals surface area contributed by atoms with Gasteiger partial charge in [-0.25, -0.2) is 4.79 Å². The predicted molar refractivity (Wildman–Crippen MR) is 181 cm³/mol. The number of hydrogen-bond acceptors (Lipinski definition) is 7. The lowest BCUT2D eigenvalue weighted by Crippen LogP contribution is -2.60. The van der Waals surface area contributed by atoms with Crippen molar-refractivity contribution in [1.29, 1.82) is 0 Å². The van der Waals surface area contributed by atoms with Crippen LogP contribution in [0.15, 0.2) is 48.1 Å². The number of likely N-dealkylation sites (tertiary alicyclic amines) is 1. The molecule has 8 rings (SSSR count). The molecule has 0 N–H and O–H groups in total. The summed E-state index contributed by atoms with van der Waals surface area (Å²) >= 11 is 0. The Bertz CT molecular complexity index is 1670. The van der Waals surface area contributed by atoms with Crippen LogP contribution in [-0.4, -0.2) is 49.1 Å². The molecule has 3 aliphatic heterocycles. The summed E-state index contributed by atoms with van der Waals surface area (Å²) in [7, 11) is 3.91. The highest BCUT2D eigenvalue weighted by molar-refractivity contribution is 5.69. The molecular formula is C40H49NO6. The van der Waals surface area contributed by atoms with Crippen LogP contribution in [0.3, 0.4) is 0 Å². The Hall–Kier alpha value is -3.45. The average Bonchev–Trinajstić information content (AvgIpc) is 3.53. The monoisotopic (exact) mass is 639 g/mol. The molecule has 250 valence electrons. The maximum atomic E-state index is 13.9. The molecule has 6 aliphatic rings. The molecule has 0 saturated carbocycles. The number of allylic oxidation sites excluding steroid dienone is 2. The van der Waals surface area contributed by atoms with Crippen LogP contribution < -0.4 is 18.9 Å². The number of ether oxygens (including phenoxy) is 5. The molecular weight excluding hydrogens is 590 g/mol. The van der Waals surface area contributed by atoms with E-state index in [1.54, 1.807) is 7.11 Å². The van der Waals surface area contributed by atoms with Gasteiger partial charge in [-0.1, -0.05) is 43.6 Å². The lowest BCUT2D eigenvalue weighted by Gasteiger charge is -2.51. The van der Waals surface area contributed by atoms with Gasteiger partial charge >= 0.3 is 6.16 Å². The van der Waals surface area contributed by atoms with Crippen molar-refractivity contribution in [3.05, 3.63) is 70.3 Å². The Kier molecular flexibility index (Phi) is 7.25. The van der Waals surface area contributed by atoms with Crippen LogP contribution >= 0.6 is 0 Å². The molecule has 7 nitrogen and oxygen atoms in total. The number of carbonyl (C=O) groups is 1. The average molecular weight is 640 g/mol. The summed E-state index contributed by atoms with van der Waals surface area (Å²) in [5.74, 6) is 3.54. The van der Waals surface area contributed by atoms with Crippen LogP contribution in [0.5, 0.6) is 23.0 Å². The van der Waals surface area contributed by atoms with Gasteiger partial charge in [-0.3, -0.25) is 4.90 Å². The van der Waals surface area contributed by atoms with Crippen LogP contribution in [0.1, 0.15) is 107 Å². The number of rotatable bonds is 7. The van der Waals surface area contributed by atoms with Crippen molar-refractivity contribution in [3.63, 3.8) is 0 Å². The van der Waals surface area contributed by atoms with Crippen molar-refractivity contribution in [1.82, 2.24) is 4.90 Å². The summed E-state index contributed by atoms with van der Waals surface area (Å²) in [6.07, 6.45) is 12.3. The molecule has 0 amide bonds. The Labute approximate surface area is 279 Å². The Morgan fingerprint density at radius 2 is 1.96 bits per heavy atom. The topological polar surface area (TPSA) is 66.5 Å². The number of nitrogens with zero attached hydrogens (tertiary/aromatic N) is 1. The number of methoxy groups -OCH3 is 1. The molecule has 3 heterocycles. The first kappa shape index (κ1) is 30.9. The van der Waals surface area contributed by atoms with Gasteiger partial charge in [-0.2, -0.15) is 0 Å². The van der Waals surface area contributed by atoms with Crippen molar-refractivity contribution in [2.45, 2.75) is 121 Å². The van der Waals surface area contributed by atoms with Gasteiger partial charge < -0.3 is 23.7 Å². The first-order valence-corrected chi connectivity index (χ1v) is 17.8. The number of carbonyl (C=O) groups excluding carboxylic acids is 1. The lowest BCUT2D eigenvalue weighted by atomic mass is 9.60. The SMILES string of the molecule is CCCCCc1cc(OC(=O)O[C@H]2C=C[C@H]3[C@@H](C)N(C)C4C[C@@]35c3c4ccc(OC)c3O[C@@H]25)c2c(c1)OC(C)(C)[C@H]1CCC(C)=C[C@H]21. The van der Waals surface area contributed by atoms with E-state index >= 15 is 0 Å². The number of fused-ring (bicyclic) bond motifs is 5. The summed E-state index contributed by atoms with van der Waals surface area (Å²) in [5.41, 5.74) is 5.38. The van der Waals surface area contributed by atoms with Gasteiger partial charge in [0.25, 0.3) is 0 Å². The highest BCUT2D eigenvalue weighted by atomic mass is 16.7. The Morgan fingerprint density at radius 3 is 2.74 bits per heavy atom. The zero-order valence-electron chi connectivity index (χ0n) is 28.9. The molecule has 1 spiro atoms. The van der Waals surface area contributed by atoms with Crippen molar-refractivity contribution in [2.24, 2.45) is 11.8 Å². The molecule has 0 radical (unpaired) electrons. The third-order valence-corrected chi connectivity index (χ3v) is 12.5. The van der Waals surface area contributed by atoms with Crippen molar-refractivity contribution in [3.8, 4) is 23.0 Å². The number of piperidine rings is 1. The molecule has 2 bridgehead atoms. The highest BCUT2D eigenvalue weighted by Gasteiger charge is 2.68. The fraction of sp³-hybridized carbons (Fsp3) is 0.575. The standard InChI is InChI=1S/C40H49NO6/c1-8-9-10-11-24-19-32(34-26-18-22(2)12-14-28(26)39(4,5)47-33(34)20-24)45-38(42)44-31-17-15-27-23(3)41(6)29-21-40(27)35-25(29)13-16-30(43-7)36(35)46-37(31)40/h13,15-20,23,26-29,31,37H,8-12,14,21H2,1-7H3/t23-,26+,27+,28+,29?,31+,37+,40+/m1/s1. The van der Waals surface area contributed by atoms with Gasteiger partial charge in [0.2, 0.25) is 0 Å². The van der Waals surface area contributed by atoms with Crippen molar-refractivity contribution in [2.75, 3.05) is 14.2 Å². The van der Waals surface area contributed by atoms with E-state index in [1.165, 1.54) is 16.7 Å². The number of benzene rings is 2. The maximum absolute atomic E-state index is 13.9. The van der Waals surface area contributed by atoms with Crippen molar-refractivity contribution < 1.29 is 28.5 Å². The summed E-state index contributed by atoms with van der Waals surface area (Å²) < 4.78 is 31.8. The summed E-state index contributed by atoms with van der Waals surface area (Å²) in [4.78, 5) is 16.4. The van der Waals surface area contributed by atoms with E-state index in [0.717, 1.165) is 73.3 Å². The first-order valence-electron chi connectivity index (χ1n) is 17.8. The first-order chi connectivity index (χ1) is 22.6. The quantitative estimate of drug-likeness (QED) is 0.130. The fourth-order valence-corrected chi connectivity index (χ4v) is 10.2. The Balaban J connectivity index is 1.13. The minimum atomic E-state index is -0.706. The minimum Gasteiger partial charge on any atom is -0.493 e. The van der Waals surface area contributed by atoms with Gasteiger partial charge in [0, 0.05) is 46.4 Å². The predicted octanol–water partition coefficient (Wildman–Crippen LogP) is 8.59. The molecule has 1 unspecified atom stereocenters. The third-order valence-electron chi connectivity index (χ3n) is 12.5. The number of unbranched alkanes of at least 4 members (excludes halogenated alkanes) is 2. The van der Waals surface area contributed by atoms with E-state index in [-0.39, 0.29) is 40.9 Å². The largest absolute Gasteiger partial charge is 0.514 e. The normalized spacial score (nSPS) is 33.5. The van der Waals surface area contributed by atoms with E-state index in [4.69, 9.17) is 23.7 Å². The molecule has 2 aromatic rings. The van der Waals surface area contributed by atoms with Gasteiger partial charge in [-0.05, 0) is 102 Å². The van der Waals surface area contributed by atoms with Gasteiger partial charge in [0.15, 0.2) is 17.6 Å². The molecule has 1 saturated heterocycles. The molecule has 8 atom stereocenters. The number of aryl methyl sites for hydroxylation is 1. The zero-order chi connectivity index (χ0) is 32.8. The van der Waals surface area contributed by atoms with Crippen LogP contribution in [-0.2, 0) is 16.6 Å². The second-order valence-electron chi connectivity index (χ2n) is 15.5. The third kappa shape index (κ3) is 4.51. The van der Waals surface area contributed by atoms with Gasteiger partial charge in [0.1, 0.15) is 23.2 Å². The highest BCUT2D eigenvalue weighted by Crippen LogP contribution is 2.68. The molecule has 3 aliphatic carbocycles.